The highest BCUT2D eigenvalue weighted by molar-refractivity contribution is 7.99. The molecule has 1 aromatic rings. The summed E-state index contributed by atoms with van der Waals surface area (Å²) in [7, 11) is 0. The van der Waals surface area contributed by atoms with Gasteiger partial charge in [-0.05, 0) is 12.3 Å². The van der Waals surface area contributed by atoms with Gasteiger partial charge in [0.25, 0.3) is 0 Å². The minimum Gasteiger partial charge on any atom is -0.363 e. The molecule has 1 aromatic heterocycles. The first-order valence-electron chi connectivity index (χ1n) is 4.62. The van der Waals surface area contributed by atoms with E-state index >= 15 is 0 Å². The molecule has 1 N–H and O–H groups in total. The summed E-state index contributed by atoms with van der Waals surface area (Å²) >= 11 is 7.36. The van der Waals surface area contributed by atoms with Crippen molar-refractivity contribution in [3.63, 3.8) is 0 Å². The van der Waals surface area contributed by atoms with E-state index in [1.54, 1.807) is 11.8 Å². The first kappa shape index (κ1) is 13.1. The number of nitrogens with zero attached hydrogens (tertiary/aromatic N) is 2. The third-order valence-electron chi connectivity index (χ3n) is 2.00. The first-order valence-corrected chi connectivity index (χ1v) is 6.28. The zero-order chi connectivity index (χ0) is 12.1. The zero-order valence-corrected chi connectivity index (χ0v) is 10.5. The SMILES string of the molecule is CSC(C)CNc1nc(Cl)ccc1[N+](=O)[O-]. The van der Waals surface area contributed by atoms with E-state index in [4.69, 9.17) is 11.6 Å². The highest BCUT2D eigenvalue weighted by atomic mass is 35.5. The van der Waals surface area contributed by atoms with E-state index in [-0.39, 0.29) is 16.7 Å². The number of aromatic nitrogens is 1. The molecule has 0 bridgehead atoms. The second-order valence-corrected chi connectivity index (χ2v) is 4.85. The van der Waals surface area contributed by atoms with Gasteiger partial charge in [-0.1, -0.05) is 18.5 Å². The summed E-state index contributed by atoms with van der Waals surface area (Å²) in [4.78, 5) is 14.2. The van der Waals surface area contributed by atoms with E-state index in [1.807, 2.05) is 13.2 Å². The molecule has 1 heterocycles. The Kier molecular flexibility index (Phi) is 4.82. The van der Waals surface area contributed by atoms with Crippen molar-refractivity contribution in [3.05, 3.63) is 27.4 Å². The fraction of sp³-hybridized carbons (Fsp3) is 0.444. The van der Waals surface area contributed by atoms with Gasteiger partial charge >= 0.3 is 5.69 Å². The predicted octanol–water partition coefficient (Wildman–Crippen LogP) is 2.81. The number of pyridine rings is 1. The van der Waals surface area contributed by atoms with E-state index in [9.17, 15) is 10.1 Å². The Labute approximate surface area is 103 Å². The summed E-state index contributed by atoms with van der Waals surface area (Å²) in [5, 5.41) is 14.2. The minimum atomic E-state index is -0.477. The molecule has 0 amide bonds. The maximum absolute atomic E-state index is 10.7. The maximum Gasteiger partial charge on any atom is 0.311 e. The lowest BCUT2D eigenvalue weighted by atomic mass is 10.3. The van der Waals surface area contributed by atoms with Crippen molar-refractivity contribution in [2.24, 2.45) is 0 Å². The highest BCUT2D eigenvalue weighted by Gasteiger charge is 2.15. The molecule has 0 aliphatic rings. The molecule has 5 nitrogen and oxygen atoms in total. The van der Waals surface area contributed by atoms with Crippen LogP contribution in [0.25, 0.3) is 0 Å². The van der Waals surface area contributed by atoms with Gasteiger partial charge in [0.2, 0.25) is 5.82 Å². The Bertz CT molecular complexity index is 389. The number of nitro groups is 1. The van der Waals surface area contributed by atoms with Crippen LogP contribution in [-0.4, -0.2) is 28.0 Å². The average Bonchev–Trinajstić information content (AvgIpc) is 2.25. The molecular weight excluding hydrogens is 250 g/mol. The molecule has 88 valence electrons. The van der Waals surface area contributed by atoms with Crippen molar-refractivity contribution in [3.8, 4) is 0 Å². The van der Waals surface area contributed by atoms with Crippen LogP contribution in [0.15, 0.2) is 12.1 Å². The van der Waals surface area contributed by atoms with Crippen LogP contribution in [0.4, 0.5) is 11.5 Å². The number of hydrogen-bond donors (Lipinski definition) is 1. The molecule has 16 heavy (non-hydrogen) atoms. The maximum atomic E-state index is 10.7. The van der Waals surface area contributed by atoms with Crippen molar-refractivity contribution in [1.82, 2.24) is 4.98 Å². The summed E-state index contributed by atoms with van der Waals surface area (Å²) in [6.45, 7) is 2.63. The number of hydrogen-bond acceptors (Lipinski definition) is 5. The molecule has 0 radical (unpaired) electrons. The van der Waals surface area contributed by atoms with Gasteiger partial charge in [-0.2, -0.15) is 11.8 Å². The van der Waals surface area contributed by atoms with Gasteiger partial charge in [0.1, 0.15) is 5.15 Å². The summed E-state index contributed by atoms with van der Waals surface area (Å²) in [6.07, 6.45) is 1.98. The second-order valence-electron chi connectivity index (χ2n) is 3.19. The molecule has 0 aromatic carbocycles. The molecule has 1 atom stereocenters. The predicted molar refractivity (Wildman–Crippen MR) is 67.4 cm³/mol. The smallest absolute Gasteiger partial charge is 0.311 e. The van der Waals surface area contributed by atoms with Crippen molar-refractivity contribution < 1.29 is 4.92 Å². The number of anilines is 1. The largest absolute Gasteiger partial charge is 0.363 e. The molecule has 1 rings (SSSR count). The standard InChI is InChI=1S/C9H12ClN3O2S/c1-6(16-2)5-11-9-7(13(14)15)3-4-8(10)12-9/h3-4,6H,5H2,1-2H3,(H,11,12). The molecular formula is C9H12ClN3O2S. The van der Waals surface area contributed by atoms with Gasteiger partial charge in [-0.25, -0.2) is 4.98 Å². The monoisotopic (exact) mass is 261 g/mol. The number of nitrogens with one attached hydrogen (secondary N) is 1. The van der Waals surface area contributed by atoms with Gasteiger partial charge in [0.05, 0.1) is 4.92 Å². The average molecular weight is 262 g/mol. The summed E-state index contributed by atoms with van der Waals surface area (Å²) in [5.74, 6) is 0.221. The zero-order valence-electron chi connectivity index (χ0n) is 8.94. The van der Waals surface area contributed by atoms with Crippen LogP contribution >= 0.6 is 23.4 Å². The fourth-order valence-electron chi connectivity index (χ4n) is 1.03. The van der Waals surface area contributed by atoms with E-state index < -0.39 is 4.92 Å². The molecule has 1 unspecified atom stereocenters. The van der Waals surface area contributed by atoms with Gasteiger partial charge in [0, 0.05) is 17.9 Å². The highest BCUT2D eigenvalue weighted by Crippen LogP contribution is 2.24. The molecule has 0 saturated heterocycles. The molecule has 0 aliphatic heterocycles. The van der Waals surface area contributed by atoms with Gasteiger partial charge in [0.15, 0.2) is 0 Å². The van der Waals surface area contributed by atoms with E-state index in [0.717, 1.165) is 0 Å². The molecule has 0 saturated carbocycles. The lowest BCUT2D eigenvalue weighted by Crippen LogP contribution is -2.14. The topological polar surface area (TPSA) is 68.1 Å². The van der Waals surface area contributed by atoms with E-state index in [2.05, 4.69) is 10.3 Å². The molecule has 0 fully saturated rings. The van der Waals surface area contributed by atoms with Crippen LogP contribution in [0.2, 0.25) is 5.15 Å². The normalized spacial score (nSPS) is 12.2. The Hall–Kier alpha value is -1.01. The van der Waals surface area contributed by atoms with E-state index in [0.29, 0.717) is 11.8 Å². The molecule has 0 spiro atoms. The van der Waals surface area contributed by atoms with Crippen molar-refractivity contribution in [2.45, 2.75) is 12.2 Å². The van der Waals surface area contributed by atoms with Gasteiger partial charge in [-0.15, -0.1) is 0 Å². The summed E-state index contributed by atoms with van der Waals surface area (Å²) in [5.41, 5.74) is -0.0577. The van der Waals surface area contributed by atoms with Gasteiger partial charge in [-0.3, -0.25) is 10.1 Å². The molecule has 7 heteroatoms. The van der Waals surface area contributed by atoms with Crippen LogP contribution in [0.5, 0.6) is 0 Å². The van der Waals surface area contributed by atoms with Crippen molar-refractivity contribution in [2.75, 3.05) is 18.1 Å². The quantitative estimate of drug-likeness (QED) is 0.501. The Balaban J connectivity index is 2.84. The number of thioether (sulfide) groups is 1. The third kappa shape index (κ3) is 3.53. The van der Waals surface area contributed by atoms with Crippen LogP contribution in [0.1, 0.15) is 6.92 Å². The van der Waals surface area contributed by atoms with E-state index in [1.165, 1.54) is 12.1 Å². The third-order valence-corrected chi connectivity index (χ3v) is 3.18. The summed E-state index contributed by atoms with van der Waals surface area (Å²) < 4.78 is 0. The Morgan fingerprint density at radius 3 is 2.94 bits per heavy atom. The lowest BCUT2D eigenvalue weighted by Gasteiger charge is -2.10. The Morgan fingerprint density at radius 2 is 2.38 bits per heavy atom. The number of halogens is 1. The number of rotatable bonds is 5. The minimum absolute atomic E-state index is 0.0577. The van der Waals surface area contributed by atoms with Crippen molar-refractivity contribution in [1.29, 1.82) is 0 Å². The lowest BCUT2D eigenvalue weighted by molar-refractivity contribution is -0.384. The summed E-state index contributed by atoms with van der Waals surface area (Å²) in [6, 6.07) is 2.75. The van der Waals surface area contributed by atoms with Crippen LogP contribution in [0, 0.1) is 10.1 Å². The van der Waals surface area contributed by atoms with Crippen LogP contribution in [0.3, 0.4) is 0 Å². The Morgan fingerprint density at radius 1 is 1.69 bits per heavy atom. The van der Waals surface area contributed by atoms with Crippen LogP contribution < -0.4 is 5.32 Å². The van der Waals surface area contributed by atoms with Crippen LogP contribution in [-0.2, 0) is 0 Å². The second kappa shape index (κ2) is 5.91. The van der Waals surface area contributed by atoms with Crippen molar-refractivity contribution >= 4 is 34.9 Å². The fourth-order valence-corrected chi connectivity index (χ4v) is 1.43. The first-order chi connectivity index (χ1) is 7.54. The molecule has 0 aliphatic carbocycles. The van der Waals surface area contributed by atoms with Gasteiger partial charge < -0.3 is 5.32 Å².